The van der Waals surface area contributed by atoms with Crippen LogP contribution < -0.4 is 5.32 Å². The molecule has 0 atom stereocenters. The number of anilines is 1. The molecular weight excluding hydrogens is 268 g/mol. The number of nitrogens with one attached hydrogen (secondary N) is 1. The molecule has 2 aromatic rings. The molecule has 0 saturated heterocycles. The maximum absolute atomic E-state index is 11.6. The molecule has 0 aliphatic rings. The maximum atomic E-state index is 11.6. The second-order valence-electron chi connectivity index (χ2n) is 3.49. The largest absolute Gasteiger partial charge is 0.478 e. The minimum atomic E-state index is -1.03. The Bertz CT molecular complexity index is 603. The van der Waals surface area contributed by atoms with Crippen LogP contribution in [0.1, 0.15) is 4.88 Å². The third-order valence-electron chi connectivity index (χ3n) is 2.02. The second-order valence-corrected chi connectivity index (χ2v) is 4.55. The van der Waals surface area contributed by atoms with Crippen molar-refractivity contribution in [2.45, 2.75) is 6.54 Å². The Labute approximate surface area is 112 Å². The van der Waals surface area contributed by atoms with Crippen molar-refractivity contribution in [1.82, 2.24) is 14.8 Å². The van der Waals surface area contributed by atoms with Gasteiger partial charge in [0, 0.05) is 29.5 Å². The normalized spacial score (nSPS) is 10.7. The molecule has 0 spiro atoms. The number of carboxylic acids is 1. The van der Waals surface area contributed by atoms with Crippen molar-refractivity contribution in [2.24, 2.45) is 0 Å². The Balaban J connectivity index is 1.92. The van der Waals surface area contributed by atoms with Crippen LogP contribution in [0.5, 0.6) is 0 Å². The molecule has 8 heteroatoms. The van der Waals surface area contributed by atoms with E-state index in [9.17, 15) is 9.59 Å². The van der Waals surface area contributed by atoms with Gasteiger partial charge in [0.2, 0.25) is 5.91 Å². The Morgan fingerprint density at radius 1 is 1.53 bits per heavy atom. The van der Waals surface area contributed by atoms with E-state index in [0.717, 1.165) is 6.08 Å². The van der Waals surface area contributed by atoms with Gasteiger partial charge in [-0.3, -0.25) is 9.48 Å². The van der Waals surface area contributed by atoms with Crippen LogP contribution in [-0.2, 0) is 16.1 Å². The number of hydrogen-bond acceptors (Lipinski definition) is 5. The molecule has 1 amide bonds. The SMILES string of the molecule is O=C(O)/C=C/c1cnc(NC(=O)Cn2cccn2)s1. The van der Waals surface area contributed by atoms with E-state index < -0.39 is 5.97 Å². The van der Waals surface area contributed by atoms with Crippen molar-refractivity contribution in [3.63, 3.8) is 0 Å². The predicted octanol–water partition coefficient (Wildman–Crippen LogP) is 1.08. The molecule has 7 nitrogen and oxygen atoms in total. The zero-order valence-electron chi connectivity index (χ0n) is 9.68. The monoisotopic (exact) mass is 278 g/mol. The number of carbonyl (C=O) groups is 2. The van der Waals surface area contributed by atoms with E-state index in [4.69, 9.17) is 5.11 Å². The van der Waals surface area contributed by atoms with Crippen LogP contribution in [-0.4, -0.2) is 31.7 Å². The maximum Gasteiger partial charge on any atom is 0.328 e. The Morgan fingerprint density at radius 3 is 3.05 bits per heavy atom. The van der Waals surface area contributed by atoms with E-state index in [1.54, 1.807) is 18.5 Å². The van der Waals surface area contributed by atoms with Crippen LogP contribution in [0.25, 0.3) is 6.08 Å². The highest BCUT2D eigenvalue weighted by atomic mass is 32.1. The molecule has 0 radical (unpaired) electrons. The standard InChI is InChI=1S/C11H10N4O3S/c16-9(7-15-5-1-4-13-15)14-11-12-6-8(19-11)2-3-10(17)18/h1-6H,7H2,(H,17,18)(H,12,14,16)/b3-2+. The molecule has 0 saturated carbocycles. The minimum absolute atomic E-state index is 0.104. The molecule has 0 bridgehead atoms. The van der Waals surface area contributed by atoms with Crippen LogP contribution in [0.2, 0.25) is 0 Å². The quantitative estimate of drug-likeness (QED) is 0.797. The lowest BCUT2D eigenvalue weighted by Gasteiger charge is -2.01. The molecule has 2 aromatic heterocycles. The molecule has 0 aromatic carbocycles. The number of carbonyl (C=O) groups excluding carboxylic acids is 1. The summed E-state index contributed by atoms with van der Waals surface area (Å²) in [6, 6.07) is 1.73. The number of aliphatic carboxylic acids is 1. The number of amides is 1. The summed E-state index contributed by atoms with van der Waals surface area (Å²) < 4.78 is 1.49. The highest BCUT2D eigenvalue weighted by Gasteiger charge is 2.06. The first-order valence-corrected chi connectivity index (χ1v) is 6.09. The van der Waals surface area contributed by atoms with Gasteiger partial charge in [-0.1, -0.05) is 11.3 Å². The highest BCUT2D eigenvalue weighted by Crippen LogP contribution is 2.19. The van der Waals surface area contributed by atoms with Crippen molar-refractivity contribution < 1.29 is 14.7 Å². The summed E-state index contributed by atoms with van der Waals surface area (Å²) in [5.41, 5.74) is 0. The third-order valence-corrected chi connectivity index (χ3v) is 2.90. The van der Waals surface area contributed by atoms with Gasteiger partial charge < -0.3 is 10.4 Å². The van der Waals surface area contributed by atoms with E-state index in [0.29, 0.717) is 10.0 Å². The summed E-state index contributed by atoms with van der Waals surface area (Å²) in [5, 5.41) is 15.4. The summed E-state index contributed by atoms with van der Waals surface area (Å²) in [7, 11) is 0. The van der Waals surface area contributed by atoms with Gasteiger partial charge in [0.15, 0.2) is 5.13 Å². The fourth-order valence-electron chi connectivity index (χ4n) is 1.27. The Morgan fingerprint density at radius 2 is 2.37 bits per heavy atom. The summed E-state index contributed by atoms with van der Waals surface area (Å²) >= 11 is 1.19. The van der Waals surface area contributed by atoms with Crippen LogP contribution in [0.4, 0.5) is 5.13 Å². The van der Waals surface area contributed by atoms with Gasteiger partial charge in [0.05, 0.1) is 0 Å². The van der Waals surface area contributed by atoms with Crippen molar-refractivity contribution in [3.05, 3.63) is 35.6 Å². The number of hydrogen-bond donors (Lipinski definition) is 2. The van der Waals surface area contributed by atoms with E-state index in [1.165, 1.54) is 28.3 Å². The van der Waals surface area contributed by atoms with Gasteiger partial charge in [-0.15, -0.1) is 0 Å². The molecule has 0 aliphatic carbocycles. The van der Waals surface area contributed by atoms with Gasteiger partial charge in [0.1, 0.15) is 6.54 Å². The number of thiazole rings is 1. The lowest BCUT2D eigenvalue weighted by molar-refractivity contribution is -0.131. The highest BCUT2D eigenvalue weighted by molar-refractivity contribution is 7.16. The molecular formula is C11H10N4O3S. The fourth-order valence-corrected chi connectivity index (χ4v) is 2.01. The van der Waals surface area contributed by atoms with Gasteiger partial charge in [-0.25, -0.2) is 9.78 Å². The van der Waals surface area contributed by atoms with Gasteiger partial charge >= 0.3 is 5.97 Å². The van der Waals surface area contributed by atoms with E-state index in [2.05, 4.69) is 15.4 Å². The number of aromatic nitrogens is 3. The smallest absolute Gasteiger partial charge is 0.328 e. The lowest BCUT2D eigenvalue weighted by atomic mass is 10.4. The zero-order chi connectivity index (χ0) is 13.7. The first-order valence-electron chi connectivity index (χ1n) is 5.27. The van der Waals surface area contributed by atoms with Crippen molar-refractivity contribution in [2.75, 3.05) is 5.32 Å². The van der Waals surface area contributed by atoms with Crippen LogP contribution in [0, 0.1) is 0 Å². The average Bonchev–Trinajstić information content (AvgIpc) is 2.98. The van der Waals surface area contributed by atoms with Crippen molar-refractivity contribution in [1.29, 1.82) is 0 Å². The van der Waals surface area contributed by atoms with Gasteiger partial charge in [-0.05, 0) is 12.1 Å². The first kappa shape index (κ1) is 13.0. The summed E-state index contributed by atoms with van der Waals surface area (Å²) in [6.07, 6.45) is 7.20. The third kappa shape index (κ3) is 4.03. The number of nitrogens with zero attached hydrogens (tertiary/aromatic N) is 3. The van der Waals surface area contributed by atoms with Crippen LogP contribution >= 0.6 is 11.3 Å². The molecule has 2 rings (SSSR count). The fraction of sp³-hybridized carbons (Fsp3) is 0.0909. The molecule has 19 heavy (non-hydrogen) atoms. The predicted molar refractivity (Wildman–Crippen MR) is 69.6 cm³/mol. The van der Waals surface area contributed by atoms with Gasteiger partial charge in [0.25, 0.3) is 0 Å². The molecule has 0 aliphatic heterocycles. The van der Waals surface area contributed by atoms with Crippen molar-refractivity contribution >= 4 is 34.4 Å². The summed E-state index contributed by atoms with van der Waals surface area (Å²) in [6.45, 7) is 0.104. The van der Waals surface area contributed by atoms with Crippen LogP contribution in [0.15, 0.2) is 30.7 Å². The molecule has 0 fully saturated rings. The molecule has 0 unspecified atom stereocenters. The lowest BCUT2D eigenvalue weighted by Crippen LogP contribution is -2.18. The van der Waals surface area contributed by atoms with E-state index in [-0.39, 0.29) is 12.5 Å². The van der Waals surface area contributed by atoms with Gasteiger partial charge in [-0.2, -0.15) is 5.10 Å². The van der Waals surface area contributed by atoms with Crippen LogP contribution in [0.3, 0.4) is 0 Å². The minimum Gasteiger partial charge on any atom is -0.478 e. The zero-order valence-corrected chi connectivity index (χ0v) is 10.5. The second kappa shape index (κ2) is 5.91. The Kier molecular flexibility index (Phi) is 4.04. The first-order chi connectivity index (χ1) is 9.13. The molecule has 2 heterocycles. The topological polar surface area (TPSA) is 97.1 Å². The molecule has 98 valence electrons. The Hall–Kier alpha value is -2.48. The number of carboxylic acid groups (broad SMARTS) is 1. The summed E-state index contributed by atoms with van der Waals surface area (Å²) in [4.78, 5) is 26.6. The van der Waals surface area contributed by atoms with E-state index in [1.807, 2.05) is 0 Å². The number of rotatable bonds is 5. The molecule has 2 N–H and O–H groups in total. The average molecular weight is 278 g/mol. The van der Waals surface area contributed by atoms with Crippen molar-refractivity contribution in [3.8, 4) is 0 Å². The van der Waals surface area contributed by atoms with E-state index >= 15 is 0 Å². The summed E-state index contributed by atoms with van der Waals surface area (Å²) in [5.74, 6) is -1.27.